The SMILES string of the molecule is Nc1nc2c(c(NCCc3cnn(-c4ccccc4)c3)n1)CCNCC2. The minimum atomic E-state index is 0.338. The Morgan fingerprint density at radius 3 is 2.85 bits per heavy atom. The summed E-state index contributed by atoms with van der Waals surface area (Å²) in [6.45, 7) is 2.65. The van der Waals surface area contributed by atoms with Crippen molar-refractivity contribution < 1.29 is 0 Å². The van der Waals surface area contributed by atoms with E-state index in [-0.39, 0.29) is 0 Å². The van der Waals surface area contributed by atoms with Crippen LogP contribution in [0.4, 0.5) is 11.8 Å². The highest BCUT2D eigenvalue weighted by molar-refractivity contribution is 5.50. The maximum Gasteiger partial charge on any atom is 0.222 e. The maximum absolute atomic E-state index is 5.89. The monoisotopic (exact) mass is 349 g/mol. The molecular formula is C19H23N7. The van der Waals surface area contributed by atoms with E-state index >= 15 is 0 Å². The molecule has 2 aromatic heterocycles. The van der Waals surface area contributed by atoms with Gasteiger partial charge in [0.15, 0.2) is 0 Å². The van der Waals surface area contributed by atoms with Crippen LogP contribution in [-0.4, -0.2) is 39.4 Å². The van der Waals surface area contributed by atoms with Crippen LogP contribution in [0.2, 0.25) is 0 Å². The average molecular weight is 349 g/mol. The van der Waals surface area contributed by atoms with Gasteiger partial charge in [0.25, 0.3) is 0 Å². The van der Waals surface area contributed by atoms with Gasteiger partial charge in [-0.25, -0.2) is 9.67 Å². The number of benzene rings is 1. The standard InChI is InChI=1S/C19H23N7/c20-19-24-17-8-10-21-9-7-16(17)18(25-19)22-11-6-14-12-23-26(13-14)15-4-2-1-3-5-15/h1-5,12-13,21H,6-11H2,(H3,20,22,24,25). The molecule has 0 unspecified atom stereocenters. The summed E-state index contributed by atoms with van der Waals surface area (Å²) in [5, 5.41) is 11.3. The Morgan fingerprint density at radius 1 is 1.12 bits per heavy atom. The lowest BCUT2D eigenvalue weighted by molar-refractivity contribution is 0.708. The fourth-order valence-corrected chi connectivity index (χ4v) is 3.25. The van der Waals surface area contributed by atoms with Gasteiger partial charge < -0.3 is 16.4 Å². The zero-order valence-corrected chi connectivity index (χ0v) is 14.7. The van der Waals surface area contributed by atoms with Crippen LogP contribution in [0.3, 0.4) is 0 Å². The van der Waals surface area contributed by atoms with Crippen LogP contribution in [0.25, 0.3) is 5.69 Å². The molecule has 0 radical (unpaired) electrons. The van der Waals surface area contributed by atoms with Crippen LogP contribution in [0.5, 0.6) is 0 Å². The summed E-state index contributed by atoms with van der Waals surface area (Å²) in [6.07, 6.45) is 6.65. The molecule has 0 spiro atoms. The lowest BCUT2D eigenvalue weighted by Gasteiger charge is -2.13. The Labute approximate surface area is 152 Å². The number of para-hydroxylation sites is 1. The second-order valence-electron chi connectivity index (χ2n) is 6.41. The third kappa shape index (κ3) is 3.67. The van der Waals surface area contributed by atoms with Crippen molar-refractivity contribution in [2.24, 2.45) is 0 Å². The molecule has 134 valence electrons. The predicted octanol–water partition coefficient (Wildman–Crippen LogP) is 1.59. The summed E-state index contributed by atoms with van der Waals surface area (Å²) in [6, 6.07) is 10.1. The van der Waals surface area contributed by atoms with Crippen LogP contribution < -0.4 is 16.4 Å². The number of hydrogen-bond acceptors (Lipinski definition) is 6. The van der Waals surface area contributed by atoms with Gasteiger partial charge in [-0.1, -0.05) is 18.2 Å². The highest BCUT2D eigenvalue weighted by Crippen LogP contribution is 2.20. The van der Waals surface area contributed by atoms with E-state index in [4.69, 9.17) is 5.73 Å². The molecule has 4 N–H and O–H groups in total. The second kappa shape index (κ2) is 7.53. The number of nitrogens with two attached hydrogens (primary N) is 1. The van der Waals surface area contributed by atoms with Crippen molar-refractivity contribution in [2.75, 3.05) is 30.7 Å². The van der Waals surface area contributed by atoms with Gasteiger partial charge in [0.1, 0.15) is 5.82 Å². The molecule has 0 amide bonds. The topological polar surface area (TPSA) is 93.7 Å². The summed E-state index contributed by atoms with van der Waals surface area (Å²) < 4.78 is 1.90. The molecule has 4 rings (SSSR count). The fraction of sp³-hybridized carbons (Fsp3) is 0.316. The van der Waals surface area contributed by atoms with Crippen molar-refractivity contribution in [1.82, 2.24) is 25.1 Å². The van der Waals surface area contributed by atoms with Gasteiger partial charge in [0.05, 0.1) is 17.6 Å². The van der Waals surface area contributed by atoms with Gasteiger partial charge in [0, 0.05) is 31.3 Å². The first kappa shape index (κ1) is 16.5. The first-order valence-corrected chi connectivity index (χ1v) is 8.98. The molecule has 7 nitrogen and oxygen atoms in total. The van der Waals surface area contributed by atoms with Gasteiger partial charge >= 0.3 is 0 Å². The van der Waals surface area contributed by atoms with E-state index in [0.717, 1.165) is 56.1 Å². The normalized spacial score (nSPS) is 13.8. The highest BCUT2D eigenvalue weighted by atomic mass is 15.3. The van der Waals surface area contributed by atoms with Crippen molar-refractivity contribution in [1.29, 1.82) is 0 Å². The molecule has 0 bridgehead atoms. The summed E-state index contributed by atoms with van der Waals surface area (Å²) in [7, 11) is 0. The maximum atomic E-state index is 5.89. The van der Waals surface area contributed by atoms with Crippen molar-refractivity contribution in [3.63, 3.8) is 0 Å². The van der Waals surface area contributed by atoms with Crippen LogP contribution in [0.1, 0.15) is 16.8 Å². The molecule has 1 aliphatic heterocycles. The molecule has 0 saturated carbocycles. The van der Waals surface area contributed by atoms with E-state index < -0.39 is 0 Å². The smallest absolute Gasteiger partial charge is 0.222 e. The molecule has 3 aromatic rings. The number of rotatable bonds is 5. The van der Waals surface area contributed by atoms with Crippen molar-refractivity contribution in [3.05, 3.63) is 59.5 Å². The van der Waals surface area contributed by atoms with E-state index in [2.05, 4.69) is 31.9 Å². The molecule has 7 heteroatoms. The second-order valence-corrected chi connectivity index (χ2v) is 6.41. The van der Waals surface area contributed by atoms with Gasteiger partial charge in [-0.3, -0.25) is 0 Å². The number of fused-ring (bicyclic) bond motifs is 1. The molecule has 0 saturated heterocycles. The minimum Gasteiger partial charge on any atom is -0.369 e. The first-order valence-electron chi connectivity index (χ1n) is 8.98. The lowest BCUT2D eigenvalue weighted by atomic mass is 10.1. The predicted molar refractivity (Wildman–Crippen MR) is 102 cm³/mol. The van der Waals surface area contributed by atoms with Crippen LogP contribution in [0, 0.1) is 0 Å². The average Bonchev–Trinajstić information content (AvgIpc) is 3.00. The van der Waals surface area contributed by atoms with E-state index in [1.807, 2.05) is 41.2 Å². The van der Waals surface area contributed by atoms with E-state index in [0.29, 0.717) is 5.95 Å². The van der Waals surface area contributed by atoms with Crippen LogP contribution >= 0.6 is 0 Å². The molecule has 26 heavy (non-hydrogen) atoms. The minimum absolute atomic E-state index is 0.338. The number of aromatic nitrogens is 4. The molecule has 0 aliphatic carbocycles. The summed E-state index contributed by atoms with van der Waals surface area (Å²) in [5.74, 6) is 1.21. The van der Waals surface area contributed by atoms with Crippen LogP contribution in [-0.2, 0) is 19.3 Å². The number of nitrogen functional groups attached to an aromatic ring is 1. The molecule has 1 aromatic carbocycles. The summed E-state index contributed by atoms with van der Waals surface area (Å²) >= 11 is 0. The quantitative estimate of drug-likeness (QED) is 0.648. The molecule has 0 fully saturated rings. The van der Waals surface area contributed by atoms with Gasteiger partial charge in [0.2, 0.25) is 5.95 Å². The van der Waals surface area contributed by atoms with Crippen molar-refractivity contribution in [2.45, 2.75) is 19.3 Å². The van der Waals surface area contributed by atoms with Crippen molar-refractivity contribution in [3.8, 4) is 5.69 Å². The number of nitrogens with one attached hydrogen (secondary N) is 2. The molecule has 0 atom stereocenters. The number of hydrogen-bond donors (Lipinski definition) is 3. The molecule has 3 heterocycles. The fourth-order valence-electron chi connectivity index (χ4n) is 3.25. The van der Waals surface area contributed by atoms with E-state index in [1.54, 1.807) is 0 Å². The van der Waals surface area contributed by atoms with E-state index in [1.165, 1.54) is 11.1 Å². The largest absolute Gasteiger partial charge is 0.369 e. The van der Waals surface area contributed by atoms with E-state index in [9.17, 15) is 0 Å². The Kier molecular flexibility index (Phi) is 4.79. The first-order chi connectivity index (χ1) is 12.8. The summed E-state index contributed by atoms with van der Waals surface area (Å²) in [5.41, 5.74) is 10.4. The zero-order valence-electron chi connectivity index (χ0n) is 14.7. The third-order valence-corrected chi connectivity index (χ3v) is 4.56. The highest BCUT2D eigenvalue weighted by Gasteiger charge is 2.15. The van der Waals surface area contributed by atoms with Crippen LogP contribution in [0.15, 0.2) is 42.7 Å². The van der Waals surface area contributed by atoms with Gasteiger partial charge in [-0.2, -0.15) is 10.1 Å². The zero-order chi connectivity index (χ0) is 17.8. The Hall–Kier alpha value is -2.93. The number of nitrogens with zero attached hydrogens (tertiary/aromatic N) is 4. The Morgan fingerprint density at radius 2 is 1.96 bits per heavy atom. The Bertz CT molecular complexity index is 873. The number of anilines is 2. The Balaban J connectivity index is 1.43. The third-order valence-electron chi connectivity index (χ3n) is 4.56. The van der Waals surface area contributed by atoms with Crippen molar-refractivity contribution >= 4 is 11.8 Å². The van der Waals surface area contributed by atoms with Gasteiger partial charge in [-0.15, -0.1) is 0 Å². The lowest BCUT2D eigenvalue weighted by Crippen LogP contribution is -2.16. The summed E-state index contributed by atoms with van der Waals surface area (Å²) in [4.78, 5) is 8.83. The molecule has 1 aliphatic rings. The van der Waals surface area contributed by atoms with Gasteiger partial charge in [-0.05, 0) is 37.1 Å². The molecular weight excluding hydrogens is 326 g/mol.